The molecule has 2 rings (SSSR count). The van der Waals surface area contributed by atoms with Crippen LogP contribution in [0.25, 0.3) is 0 Å². The highest BCUT2D eigenvalue weighted by atomic mass is 16.4. The summed E-state index contributed by atoms with van der Waals surface area (Å²) in [4.78, 5) is 14.3. The lowest BCUT2D eigenvalue weighted by Crippen LogP contribution is -2.38. The maximum Gasteiger partial charge on any atom is 0.313 e. The quantitative estimate of drug-likeness (QED) is 0.565. The fourth-order valence-electron chi connectivity index (χ4n) is 4.15. The Hall–Kier alpha value is -2.17. The average molecular weight is 412 g/mol. The number of aliphatic carboxylic acids is 1. The summed E-state index contributed by atoms with van der Waals surface area (Å²) >= 11 is 0. The Morgan fingerprint density at radius 1 is 1.00 bits per heavy atom. The van der Waals surface area contributed by atoms with Crippen LogP contribution in [0.5, 0.6) is 0 Å². The second-order valence-corrected chi connectivity index (χ2v) is 9.18. The van der Waals surface area contributed by atoms with Crippen molar-refractivity contribution in [1.29, 1.82) is 0 Å². The molecule has 4 nitrogen and oxygen atoms in total. The van der Waals surface area contributed by atoms with E-state index in [1.807, 2.05) is 36.4 Å². The zero-order valence-electron chi connectivity index (χ0n) is 19.2. The molecule has 2 aromatic carbocycles. The fraction of sp³-hybridized carbons (Fsp3) is 0.500. The van der Waals surface area contributed by atoms with Crippen LogP contribution in [0, 0.1) is 0 Å². The second kappa shape index (κ2) is 10.2. The van der Waals surface area contributed by atoms with E-state index in [4.69, 9.17) is 0 Å². The number of aliphatic hydroxyl groups excluding tert-OH is 1. The molecule has 0 aliphatic rings. The Bertz CT molecular complexity index is 819. The highest BCUT2D eigenvalue weighted by Gasteiger charge is 2.31. The summed E-state index contributed by atoms with van der Waals surface area (Å²) in [5, 5.41) is 19.8. The van der Waals surface area contributed by atoms with Crippen LogP contribution in [0.2, 0.25) is 0 Å². The van der Waals surface area contributed by atoms with Crippen molar-refractivity contribution in [1.82, 2.24) is 4.90 Å². The van der Waals surface area contributed by atoms with Gasteiger partial charge in [0.05, 0.1) is 12.0 Å². The Labute approximate surface area is 181 Å². The zero-order chi connectivity index (χ0) is 22.5. The first-order chi connectivity index (χ1) is 14.1. The zero-order valence-corrected chi connectivity index (χ0v) is 19.2. The summed E-state index contributed by atoms with van der Waals surface area (Å²) in [6.45, 7) is 13.2. The van der Waals surface area contributed by atoms with Crippen LogP contribution in [0.1, 0.15) is 76.1 Å². The first kappa shape index (κ1) is 24.1. The van der Waals surface area contributed by atoms with Crippen LogP contribution in [0.4, 0.5) is 0 Å². The number of carboxylic acids is 1. The molecule has 0 radical (unpaired) electrons. The molecule has 0 bridgehead atoms. The molecule has 2 N–H and O–H groups in total. The summed E-state index contributed by atoms with van der Waals surface area (Å²) in [5.41, 5.74) is 2.82. The third-order valence-corrected chi connectivity index (χ3v) is 6.15. The van der Waals surface area contributed by atoms with Gasteiger partial charge < -0.3 is 10.2 Å². The summed E-state index contributed by atoms with van der Waals surface area (Å²) in [7, 11) is 0. The lowest BCUT2D eigenvalue weighted by Gasteiger charge is -2.33. The predicted molar refractivity (Wildman–Crippen MR) is 123 cm³/mol. The first-order valence-corrected chi connectivity index (χ1v) is 10.9. The maximum atomic E-state index is 11.8. The normalized spacial score (nSPS) is 13.3. The maximum absolute atomic E-state index is 11.8. The van der Waals surface area contributed by atoms with Gasteiger partial charge in [-0.3, -0.25) is 9.69 Å². The fourth-order valence-corrected chi connectivity index (χ4v) is 4.15. The van der Waals surface area contributed by atoms with Gasteiger partial charge in [-0.25, -0.2) is 0 Å². The van der Waals surface area contributed by atoms with Gasteiger partial charge in [0.1, 0.15) is 0 Å². The Kier molecular flexibility index (Phi) is 8.22. The van der Waals surface area contributed by atoms with Gasteiger partial charge in [0.25, 0.3) is 0 Å². The number of benzene rings is 2. The van der Waals surface area contributed by atoms with Crippen LogP contribution in [0.3, 0.4) is 0 Å². The van der Waals surface area contributed by atoms with Crippen molar-refractivity contribution in [2.75, 3.05) is 6.54 Å². The smallest absolute Gasteiger partial charge is 0.313 e. The van der Waals surface area contributed by atoms with Gasteiger partial charge in [-0.2, -0.15) is 0 Å². The number of carbonyl (C=O) groups is 1. The summed E-state index contributed by atoms with van der Waals surface area (Å²) in [6, 6.07) is 16.9. The van der Waals surface area contributed by atoms with E-state index < -0.39 is 11.4 Å². The van der Waals surface area contributed by atoms with Crippen molar-refractivity contribution in [2.24, 2.45) is 0 Å². The summed E-state index contributed by atoms with van der Waals surface area (Å²) < 4.78 is 0. The van der Waals surface area contributed by atoms with Crippen LogP contribution in [-0.4, -0.2) is 39.7 Å². The van der Waals surface area contributed by atoms with Crippen LogP contribution >= 0.6 is 0 Å². The first-order valence-electron chi connectivity index (χ1n) is 10.9. The molecule has 2 aromatic rings. The van der Waals surface area contributed by atoms with Gasteiger partial charge >= 0.3 is 5.97 Å². The molecule has 0 amide bonds. The van der Waals surface area contributed by atoms with Gasteiger partial charge in [-0.15, -0.1) is 0 Å². The second-order valence-electron chi connectivity index (χ2n) is 9.18. The van der Waals surface area contributed by atoms with Gasteiger partial charge in [-0.1, -0.05) is 48.5 Å². The van der Waals surface area contributed by atoms with E-state index in [-0.39, 0.29) is 12.5 Å². The molecule has 0 saturated heterocycles. The molecule has 0 fully saturated rings. The van der Waals surface area contributed by atoms with E-state index in [0.29, 0.717) is 12.1 Å². The molecule has 1 atom stereocenters. The minimum absolute atomic E-state index is 0.0650. The monoisotopic (exact) mass is 411 g/mol. The topological polar surface area (TPSA) is 60.8 Å². The van der Waals surface area contributed by atoms with Crippen molar-refractivity contribution >= 4 is 5.97 Å². The lowest BCUT2D eigenvalue weighted by atomic mass is 9.79. The van der Waals surface area contributed by atoms with Crippen LogP contribution < -0.4 is 0 Å². The number of rotatable bonds is 10. The van der Waals surface area contributed by atoms with E-state index >= 15 is 0 Å². The van der Waals surface area contributed by atoms with Gasteiger partial charge in [0.2, 0.25) is 0 Å². The van der Waals surface area contributed by atoms with E-state index in [9.17, 15) is 15.0 Å². The lowest BCUT2D eigenvalue weighted by molar-refractivity contribution is -0.142. The van der Waals surface area contributed by atoms with Crippen molar-refractivity contribution < 1.29 is 15.0 Å². The Balaban J connectivity index is 2.54. The Morgan fingerprint density at radius 2 is 1.60 bits per heavy atom. The van der Waals surface area contributed by atoms with Crippen molar-refractivity contribution in [2.45, 2.75) is 78.0 Å². The molecule has 0 aliphatic heterocycles. The molecule has 164 valence electrons. The number of nitrogens with zero attached hydrogens (tertiary/aromatic N) is 1. The number of carboxylic acid groups (broad SMARTS) is 1. The molecule has 0 spiro atoms. The molecule has 4 heteroatoms. The summed E-state index contributed by atoms with van der Waals surface area (Å²) in [5.74, 6) is -0.773. The molecule has 0 heterocycles. The molecular weight excluding hydrogens is 374 g/mol. The van der Waals surface area contributed by atoms with E-state index in [2.05, 4.69) is 44.7 Å². The third kappa shape index (κ3) is 5.50. The van der Waals surface area contributed by atoms with E-state index in [1.165, 1.54) is 5.56 Å². The number of hydrogen-bond donors (Lipinski definition) is 2. The number of hydrogen-bond acceptors (Lipinski definition) is 3. The molecule has 1 unspecified atom stereocenters. The SMILES string of the molecule is CC(C)N(CCC(c1ccccc1)c1cc(C(C)(C)C(=O)O)ccc1CO)C(C)C. The van der Waals surface area contributed by atoms with Gasteiger partial charge in [0.15, 0.2) is 0 Å². The standard InChI is InChI=1S/C26H37NO3/c1-18(2)27(19(3)4)15-14-23(20-10-8-7-9-11-20)24-16-22(13-12-21(24)17-28)26(5,6)25(29)30/h7-13,16,18-19,23,28H,14-15,17H2,1-6H3,(H,29,30). The third-order valence-electron chi connectivity index (χ3n) is 6.15. The minimum atomic E-state index is -0.994. The highest BCUT2D eigenvalue weighted by Crippen LogP contribution is 2.35. The Morgan fingerprint density at radius 3 is 2.10 bits per heavy atom. The minimum Gasteiger partial charge on any atom is -0.481 e. The molecule has 0 aromatic heterocycles. The van der Waals surface area contributed by atoms with Crippen molar-refractivity contribution in [3.63, 3.8) is 0 Å². The van der Waals surface area contributed by atoms with Crippen LogP contribution in [0.15, 0.2) is 48.5 Å². The van der Waals surface area contributed by atoms with E-state index in [1.54, 1.807) is 13.8 Å². The highest BCUT2D eigenvalue weighted by molar-refractivity contribution is 5.80. The average Bonchev–Trinajstić information content (AvgIpc) is 2.70. The molecule has 0 aliphatic carbocycles. The van der Waals surface area contributed by atoms with Crippen molar-refractivity contribution in [3.8, 4) is 0 Å². The molecule has 0 saturated carbocycles. The number of aliphatic hydroxyl groups is 1. The predicted octanol–water partition coefficient (Wildman–Crippen LogP) is 5.18. The van der Waals surface area contributed by atoms with E-state index in [0.717, 1.165) is 29.7 Å². The summed E-state index contributed by atoms with van der Waals surface area (Å²) in [6.07, 6.45) is 0.893. The van der Waals surface area contributed by atoms with Gasteiger partial charge in [-0.05, 0) is 76.8 Å². The van der Waals surface area contributed by atoms with Gasteiger partial charge in [0, 0.05) is 18.0 Å². The van der Waals surface area contributed by atoms with Crippen LogP contribution in [-0.2, 0) is 16.8 Å². The molecule has 30 heavy (non-hydrogen) atoms. The largest absolute Gasteiger partial charge is 0.481 e. The van der Waals surface area contributed by atoms with Crippen molar-refractivity contribution in [3.05, 3.63) is 70.8 Å². The molecular formula is C26H37NO3.